The van der Waals surface area contributed by atoms with Crippen molar-refractivity contribution in [1.29, 1.82) is 0 Å². The smallest absolute Gasteiger partial charge is 0.166 e. The molecule has 1 aromatic carbocycles. The number of halogens is 3. The Kier molecular flexibility index (Phi) is 5.42. The third-order valence-electron chi connectivity index (χ3n) is 4.21. The highest BCUT2D eigenvalue weighted by Crippen LogP contribution is 2.34. The molecule has 116 valence electrons. The summed E-state index contributed by atoms with van der Waals surface area (Å²) in [5, 5.41) is 0.779. The summed E-state index contributed by atoms with van der Waals surface area (Å²) in [6.45, 7) is 1.99. The van der Waals surface area contributed by atoms with Crippen LogP contribution < -0.4 is 0 Å². The van der Waals surface area contributed by atoms with Crippen LogP contribution in [0.15, 0.2) is 30.3 Å². The van der Waals surface area contributed by atoms with Crippen LogP contribution in [-0.4, -0.2) is 11.5 Å². The molecule has 2 rings (SSSR count). The molecule has 4 heteroatoms. The van der Waals surface area contributed by atoms with E-state index in [0.29, 0.717) is 5.92 Å². The number of thioether (sulfide) groups is 1. The van der Waals surface area contributed by atoms with Crippen molar-refractivity contribution in [2.24, 2.45) is 5.92 Å². The highest BCUT2D eigenvalue weighted by atomic mass is 32.2. The second-order valence-electron chi connectivity index (χ2n) is 5.70. The van der Waals surface area contributed by atoms with Gasteiger partial charge >= 0.3 is 6.18 Å². The normalized spacial score (nSPS) is 24.1. The average Bonchev–Trinajstić information content (AvgIpc) is 2.47. The van der Waals surface area contributed by atoms with Gasteiger partial charge < -0.3 is 0 Å². The Morgan fingerprint density at radius 2 is 1.67 bits per heavy atom. The first-order valence-corrected chi connectivity index (χ1v) is 8.58. The van der Waals surface area contributed by atoms with Gasteiger partial charge in [0.05, 0.1) is 5.56 Å². The zero-order valence-electron chi connectivity index (χ0n) is 12.4. The summed E-state index contributed by atoms with van der Waals surface area (Å²) in [6, 6.07) is 5.47. The lowest BCUT2D eigenvalue weighted by molar-refractivity contribution is -0.137. The molecule has 1 aliphatic rings. The monoisotopic (exact) mass is 314 g/mol. The molecule has 21 heavy (non-hydrogen) atoms. The van der Waals surface area contributed by atoms with Crippen molar-refractivity contribution in [3.05, 3.63) is 41.5 Å². The molecule has 0 atom stereocenters. The van der Waals surface area contributed by atoms with E-state index in [1.165, 1.54) is 25.7 Å². The third kappa shape index (κ3) is 4.53. The molecule has 0 aliphatic heterocycles. The molecule has 0 heterocycles. The fraction of sp³-hybridized carbons (Fsp3) is 0.529. The predicted octanol–water partition coefficient (Wildman–Crippen LogP) is 6.03. The van der Waals surface area contributed by atoms with Crippen molar-refractivity contribution < 1.29 is 13.2 Å². The Hall–Kier alpha value is -0.900. The summed E-state index contributed by atoms with van der Waals surface area (Å²) in [4.78, 5) is 0. The van der Waals surface area contributed by atoms with Crippen molar-refractivity contribution in [3.63, 3.8) is 0 Å². The minimum Gasteiger partial charge on any atom is -0.166 e. The lowest BCUT2D eigenvalue weighted by Gasteiger charge is -2.25. The summed E-state index contributed by atoms with van der Waals surface area (Å²) in [5.41, 5.74) is 1.38. The van der Waals surface area contributed by atoms with Crippen molar-refractivity contribution in [2.75, 3.05) is 6.26 Å². The molecule has 0 nitrogen and oxygen atoms in total. The first kappa shape index (κ1) is 16.5. The molecule has 0 unspecified atom stereocenters. The Morgan fingerprint density at radius 1 is 1.10 bits per heavy atom. The second kappa shape index (κ2) is 6.91. The van der Waals surface area contributed by atoms with E-state index in [1.54, 1.807) is 12.1 Å². The van der Waals surface area contributed by atoms with Crippen LogP contribution in [0.2, 0.25) is 0 Å². The predicted molar refractivity (Wildman–Crippen MR) is 84.4 cm³/mol. The van der Waals surface area contributed by atoms with Crippen molar-refractivity contribution in [3.8, 4) is 0 Å². The molecule has 0 saturated heterocycles. The van der Waals surface area contributed by atoms with Gasteiger partial charge in [-0.2, -0.15) is 24.9 Å². The van der Waals surface area contributed by atoms with Crippen LogP contribution in [0.5, 0.6) is 0 Å². The topological polar surface area (TPSA) is 0 Å². The van der Waals surface area contributed by atoms with Gasteiger partial charge in [-0.05, 0) is 68.0 Å². The van der Waals surface area contributed by atoms with Crippen LogP contribution in [0.4, 0.5) is 13.2 Å². The SMILES string of the molecule is CSC1CCC(/C=C(\C)c2ccc(C(F)(F)F)cc2)CC1. The average molecular weight is 314 g/mol. The molecule has 0 radical (unpaired) electrons. The van der Waals surface area contributed by atoms with E-state index in [0.717, 1.165) is 28.5 Å². The van der Waals surface area contributed by atoms with E-state index in [9.17, 15) is 13.2 Å². The van der Waals surface area contributed by atoms with Crippen molar-refractivity contribution >= 4 is 17.3 Å². The quantitative estimate of drug-likeness (QED) is 0.656. The summed E-state index contributed by atoms with van der Waals surface area (Å²) >= 11 is 1.94. The van der Waals surface area contributed by atoms with Gasteiger partial charge in [0.15, 0.2) is 0 Å². The van der Waals surface area contributed by atoms with Crippen molar-refractivity contribution in [2.45, 2.75) is 44.0 Å². The summed E-state index contributed by atoms with van der Waals surface area (Å²) in [6.07, 6.45) is 4.98. The maximum absolute atomic E-state index is 12.5. The molecule has 0 N–H and O–H groups in total. The highest BCUT2D eigenvalue weighted by molar-refractivity contribution is 7.99. The van der Waals surface area contributed by atoms with Crippen LogP contribution in [0.25, 0.3) is 5.57 Å². The molecule has 1 aliphatic carbocycles. The third-order valence-corrected chi connectivity index (χ3v) is 5.34. The van der Waals surface area contributed by atoms with Crippen LogP contribution in [0, 0.1) is 5.92 Å². The van der Waals surface area contributed by atoms with Crippen LogP contribution in [0.1, 0.15) is 43.7 Å². The molecule has 1 fully saturated rings. The zero-order valence-corrected chi connectivity index (χ0v) is 13.2. The molecular weight excluding hydrogens is 293 g/mol. The number of alkyl halides is 3. The van der Waals surface area contributed by atoms with E-state index in [1.807, 2.05) is 18.7 Å². The summed E-state index contributed by atoms with van der Waals surface area (Å²) in [5.74, 6) is 0.565. The van der Waals surface area contributed by atoms with Gasteiger partial charge in [-0.15, -0.1) is 0 Å². The number of allylic oxidation sites excluding steroid dienone is 2. The maximum atomic E-state index is 12.5. The van der Waals surface area contributed by atoms with Crippen LogP contribution in [-0.2, 0) is 6.18 Å². The molecule has 0 aromatic heterocycles. The largest absolute Gasteiger partial charge is 0.416 e. The first-order valence-electron chi connectivity index (χ1n) is 7.29. The number of benzene rings is 1. The fourth-order valence-corrected chi connectivity index (χ4v) is 3.61. The number of hydrogen-bond acceptors (Lipinski definition) is 1. The Balaban J connectivity index is 2.03. The number of hydrogen-bond donors (Lipinski definition) is 0. The van der Waals surface area contributed by atoms with E-state index < -0.39 is 11.7 Å². The van der Waals surface area contributed by atoms with Gasteiger partial charge in [-0.25, -0.2) is 0 Å². The molecular formula is C17H21F3S. The fourth-order valence-electron chi connectivity index (χ4n) is 2.86. The van der Waals surface area contributed by atoms with Gasteiger partial charge in [-0.3, -0.25) is 0 Å². The van der Waals surface area contributed by atoms with E-state index in [4.69, 9.17) is 0 Å². The summed E-state index contributed by atoms with van der Waals surface area (Å²) in [7, 11) is 0. The van der Waals surface area contributed by atoms with E-state index in [2.05, 4.69) is 12.3 Å². The molecule has 0 spiro atoms. The van der Waals surface area contributed by atoms with Gasteiger partial charge in [0.2, 0.25) is 0 Å². The van der Waals surface area contributed by atoms with E-state index in [-0.39, 0.29) is 0 Å². The van der Waals surface area contributed by atoms with Crippen LogP contribution in [0.3, 0.4) is 0 Å². The molecule has 0 amide bonds. The van der Waals surface area contributed by atoms with Gasteiger partial charge in [-0.1, -0.05) is 18.2 Å². The highest BCUT2D eigenvalue weighted by Gasteiger charge is 2.30. The second-order valence-corrected chi connectivity index (χ2v) is 6.84. The zero-order chi connectivity index (χ0) is 15.5. The molecule has 0 bridgehead atoms. The minimum absolute atomic E-state index is 0.565. The number of rotatable bonds is 3. The van der Waals surface area contributed by atoms with Gasteiger partial charge in [0.25, 0.3) is 0 Å². The standard InChI is InChI=1S/C17H21F3S/c1-12(11-13-3-9-16(21-2)10-4-13)14-5-7-15(8-6-14)17(18,19)20/h5-8,11,13,16H,3-4,9-10H2,1-2H3/b12-11+. The summed E-state index contributed by atoms with van der Waals surface area (Å²) < 4.78 is 37.6. The van der Waals surface area contributed by atoms with Gasteiger partial charge in [0, 0.05) is 5.25 Å². The Bertz CT molecular complexity index is 480. The minimum atomic E-state index is -4.26. The van der Waals surface area contributed by atoms with Crippen LogP contribution >= 0.6 is 11.8 Å². The molecule has 1 aromatic rings. The van der Waals surface area contributed by atoms with Crippen molar-refractivity contribution in [1.82, 2.24) is 0 Å². The Morgan fingerprint density at radius 3 is 2.14 bits per heavy atom. The maximum Gasteiger partial charge on any atom is 0.416 e. The van der Waals surface area contributed by atoms with E-state index >= 15 is 0 Å². The Labute approximate surface area is 128 Å². The lowest BCUT2D eigenvalue weighted by atomic mass is 9.87. The first-order chi connectivity index (χ1) is 9.90. The van der Waals surface area contributed by atoms with Gasteiger partial charge in [0.1, 0.15) is 0 Å². The lowest BCUT2D eigenvalue weighted by Crippen LogP contribution is -2.14. The molecule has 1 saturated carbocycles.